The second-order valence-corrected chi connectivity index (χ2v) is 7.28. The smallest absolute Gasteiger partial charge is 0.325 e. The van der Waals surface area contributed by atoms with Crippen molar-refractivity contribution < 1.29 is 19.3 Å². The first kappa shape index (κ1) is 18.8. The Hall–Kier alpha value is -2.97. The maximum Gasteiger partial charge on any atom is 0.325 e. The number of amides is 4. The fourth-order valence-corrected chi connectivity index (χ4v) is 3.76. The van der Waals surface area contributed by atoms with E-state index in [4.69, 9.17) is 0 Å². The Bertz CT molecular complexity index is 827. The molecule has 27 heavy (non-hydrogen) atoms. The summed E-state index contributed by atoms with van der Waals surface area (Å²) in [5.41, 5.74) is -0.453. The summed E-state index contributed by atoms with van der Waals surface area (Å²) in [6.45, 7) is 5.69. The van der Waals surface area contributed by atoms with Crippen LogP contribution in [0.4, 0.5) is 10.5 Å². The molecule has 2 aliphatic heterocycles. The normalized spacial score (nSPS) is 19.0. The average molecular weight is 374 g/mol. The van der Waals surface area contributed by atoms with Gasteiger partial charge in [-0.1, -0.05) is 6.07 Å². The van der Waals surface area contributed by atoms with Gasteiger partial charge in [0.05, 0.1) is 4.92 Å². The lowest BCUT2D eigenvalue weighted by molar-refractivity contribution is -0.385. The van der Waals surface area contributed by atoms with Crippen LogP contribution in [-0.2, 0) is 4.79 Å². The molecule has 1 spiro atoms. The molecular formula is C18H22N4O5. The predicted molar refractivity (Wildman–Crippen MR) is 96.2 cm³/mol. The minimum absolute atomic E-state index is 0.0971. The summed E-state index contributed by atoms with van der Waals surface area (Å²) in [6.07, 6.45) is 0.640. The zero-order valence-corrected chi connectivity index (χ0v) is 15.5. The van der Waals surface area contributed by atoms with Gasteiger partial charge in [0, 0.05) is 36.3 Å². The quantitative estimate of drug-likeness (QED) is 0.493. The van der Waals surface area contributed by atoms with Crippen LogP contribution in [0.3, 0.4) is 0 Å². The number of hydrogen-bond acceptors (Lipinski definition) is 5. The summed E-state index contributed by atoms with van der Waals surface area (Å²) in [4.78, 5) is 51.1. The molecule has 9 nitrogen and oxygen atoms in total. The van der Waals surface area contributed by atoms with Gasteiger partial charge >= 0.3 is 6.03 Å². The summed E-state index contributed by atoms with van der Waals surface area (Å²) in [5, 5.41) is 13.9. The Morgan fingerprint density at radius 3 is 2.41 bits per heavy atom. The largest absolute Gasteiger partial charge is 0.338 e. The molecule has 1 aromatic carbocycles. The number of nitrogens with zero attached hydrogens (tertiary/aromatic N) is 3. The van der Waals surface area contributed by atoms with E-state index < -0.39 is 16.5 Å². The number of urea groups is 1. The number of benzene rings is 1. The average Bonchev–Trinajstić information content (AvgIpc) is 2.85. The Morgan fingerprint density at radius 1 is 1.26 bits per heavy atom. The molecule has 0 aliphatic carbocycles. The molecule has 2 fully saturated rings. The number of piperidine rings is 1. The molecule has 2 saturated heterocycles. The molecule has 9 heteroatoms. The highest BCUT2D eigenvalue weighted by Crippen LogP contribution is 2.32. The lowest BCUT2D eigenvalue weighted by Gasteiger charge is -2.37. The number of carbonyl (C=O) groups excluding carboxylic acids is 3. The van der Waals surface area contributed by atoms with E-state index >= 15 is 0 Å². The molecule has 144 valence electrons. The minimum atomic E-state index is -0.962. The number of likely N-dealkylation sites (tertiary alicyclic amines) is 1. The van der Waals surface area contributed by atoms with Crippen LogP contribution in [0.25, 0.3) is 0 Å². The van der Waals surface area contributed by atoms with Gasteiger partial charge < -0.3 is 10.2 Å². The van der Waals surface area contributed by atoms with Crippen molar-refractivity contribution in [1.29, 1.82) is 0 Å². The van der Waals surface area contributed by atoms with Gasteiger partial charge in [-0.25, -0.2) is 4.79 Å². The van der Waals surface area contributed by atoms with E-state index in [-0.39, 0.29) is 29.1 Å². The molecular weight excluding hydrogens is 352 g/mol. The Balaban J connectivity index is 1.76. The van der Waals surface area contributed by atoms with Crippen molar-refractivity contribution in [2.24, 2.45) is 0 Å². The molecule has 0 unspecified atom stereocenters. The highest BCUT2D eigenvalue weighted by molar-refractivity contribution is 6.07. The number of hydrogen-bond donors (Lipinski definition) is 1. The Labute approximate surface area is 156 Å². The lowest BCUT2D eigenvalue weighted by Crippen LogP contribution is -2.56. The topological polar surface area (TPSA) is 113 Å². The van der Waals surface area contributed by atoms with Crippen LogP contribution < -0.4 is 5.32 Å². The van der Waals surface area contributed by atoms with Crippen LogP contribution in [0, 0.1) is 17.0 Å². The standard InChI is InChI=1S/C18H22N4O5/c1-11(2)21-16(24)18(19-17(21)25)7-9-20(10-8-18)15(23)13-5-4-6-14(12(13)3)22(26)27/h4-6,11H,7-10H2,1-3H3,(H,19,25). The molecule has 2 aliphatic rings. The van der Waals surface area contributed by atoms with Crippen LogP contribution in [-0.4, -0.2) is 57.2 Å². The third kappa shape index (κ3) is 3.02. The van der Waals surface area contributed by atoms with Crippen LogP contribution in [0.2, 0.25) is 0 Å². The van der Waals surface area contributed by atoms with Gasteiger partial charge in [0.2, 0.25) is 0 Å². The van der Waals surface area contributed by atoms with Crippen LogP contribution >= 0.6 is 0 Å². The van der Waals surface area contributed by atoms with Gasteiger partial charge in [-0.05, 0) is 39.7 Å². The number of imide groups is 1. The third-order valence-electron chi connectivity index (χ3n) is 5.35. The Kier molecular flexibility index (Phi) is 4.63. The monoisotopic (exact) mass is 374 g/mol. The van der Waals surface area contributed by atoms with E-state index in [1.54, 1.807) is 31.7 Å². The predicted octanol–water partition coefficient (Wildman–Crippen LogP) is 1.84. The summed E-state index contributed by atoms with van der Waals surface area (Å²) < 4.78 is 0. The lowest BCUT2D eigenvalue weighted by atomic mass is 9.87. The molecule has 1 N–H and O–H groups in total. The summed E-state index contributed by atoms with van der Waals surface area (Å²) in [7, 11) is 0. The van der Waals surface area contributed by atoms with E-state index in [1.165, 1.54) is 17.0 Å². The van der Waals surface area contributed by atoms with Crippen molar-refractivity contribution in [3.63, 3.8) is 0 Å². The van der Waals surface area contributed by atoms with Crippen molar-refractivity contribution in [2.75, 3.05) is 13.1 Å². The molecule has 4 amide bonds. The molecule has 2 heterocycles. The molecule has 3 rings (SSSR count). The zero-order chi connectivity index (χ0) is 19.9. The maximum absolute atomic E-state index is 12.8. The second kappa shape index (κ2) is 6.64. The van der Waals surface area contributed by atoms with E-state index in [1.807, 2.05) is 0 Å². The van der Waals surface area contributed by atoms with E-state index in [0.29, 0.717) is 31.5 Å². The number of nitrogens with one attached hydrogen (secondary N) is 1. The van der Waals surface area contributed by atoms with Gasteiger partial charge in [0.1, 0.15) is 5.54 Å². The highest BCUT2D eigenvalue weighted by Gasteiger charge is 2.53. The van der Waals surface area contributed by atoms with Gasteiger partial charge in [0.25, 0.3) is 17.5 Å². The second-order valence-electron chi connectivity index (χ2n) is 7.28. The SMILES string of the molecule is Cc1c(C(=O)N2CCC3(CC2)NC(=O)N(C(C)C)C3=O)cccc1[N+](=O)[O-]. The van der Waals surface area contributed by atoms with Crippen molar-refractivity contribution in [3.05, 3.63) is 39.4 Å². The summed E-state index contributed by atoms with van der Waals surface area (Å²) >= 11 is 0. The van der Waals surface area contributed by atoms with Gasteiger partial charge in [-0.15, -0.1) is 0 Å². The van der Waals surface area contributed by atoms with Crippen LogP contribution in [0.5, 0.6) is 0 Å². The fourth-order valence-electron chi connectivity index (χ4n) is 3.76. The van der Waals surface area contributed by atoms with E-state index in [0.717, 1.165) is 0 Å². The zero-order valence-electron chi connectivity index (χ0n) is 15.5. The summed E-state index contributed by atoms with van der Waals surface area (Å²) in [5.74, 6) is -0.551. The van der Waals surface area contributed by atoms with E-state index in [9.17, 15) is 24.5 Å². The van der Waals surface area contributed by atoms with Gasteiger partial charge in [0.15, 0.2) is 0 Å². The van der Waals surface area contributed by atoms with Crippen molar-refractivity contribution in [1.82, 2.24) is 15.1 Å². The summed E-state index contributed by atoms with van der Waals surface area (Å²) in [6, 6.07) is 3.79. The van der Waals surface area contributed by atoms with E-state index in [2.05, 4.69) is 5.32 Å². The van der Waals surface area contributed by atoms with Crippen molar-refractivity contribution in [3.8, 4) is 0 Å². The molecule has 0 aromatic heterocycles. The van der Waals surface area contributed by atoms with Gasteiger partial charge in [-0.3, -0.25) is 24.6 Å². The first-order chi connectivity index (χ1) is 12.7. The molecule has 0 radical (unpaired) electrons. The molecule has 0 saturated carbocycles. The van der Waals surface area contributed by atoms with Gasteiger partial charge in [-0.2, -0.15) is 0 Å². The molecule has 0 bridgehead atoms. The minimum Gasteiger partial charge on any atom is -0.338 e. The highest BCUT2D eigenvalue weighted by atomic mass is 16.6. The van der Waals surface area contributed by atoms with Crippen LogP contribution in [0.1, 0.15) is 42.6 Å². The molecule has 0 atom stereocenters. The Morgan fingerprint density at radius 2 is 1.89 bits per heavy atom. The first-order valence-corrected chi connectivity index (χ1v) is 8.87. The number of nitro benzene ring substituents is 1. The molecule has 1 aromatic rings. The van der Waals surface area contributed by atoms with Crippen molar-refractivity contribution in [2.45, 2.75) is 45.2 Å². The number of carbonyl (C=O) groups is 3. The maximum atomic E-state index is 12.8. The fraction of sp³-hybridized carbons (Fsp3) is 0.500. The first-order valence-electron chi connectivity index (χ1n) is 8.87. The van der Waals surface area contributed by atoms with Crippen molar-refractivity contribution >= 4 is 23.5 Å². The number of nitro groups is 1. The third-order valence-corrected chi connectivity index (χ3v) is 5.35. The van der Waals surface area contributed by atoms with Crippen LogP contribution in [0.15, 0.2) is 18.2 Å². The number of rotatable bonds is 3.